The number of nitriles is 1. The molecule has 0 aliphatic heterocycles. The molecule has 0 spiro atoms. The lowest BCUT2D eigenvalue weighted by atomic mass is 9.97. The van der Waals surface area contributed by atoms with Gasteiger partial charge in [-0.25, -0.2) is 8.78 Å². The van der Waals surface area contributed by atoms with Gasteiger partial charge in [-0.05, 0) is 11.5 Å². The van der Waals surface area contributed by atoms with Crippen LogP contribution in [0.4, 0.5) is 8.78 Å². The summed E-state index contributed by atoms with van der Waals surface area (Å²) in [7, 11) is 0. The predicted molar refractivity (Wildman–Crippen MR) is 59.1 cm³/mol. The van der Waals surface area contributed by atoms with Crippen molar-refractivity contribution in [2.75, 3.05) is 0 Å². The average molecular weight is 223 g/mol. The Morgan fingerprint density at radius 2 is 1.81 bits per heavy atom. The fraction of sp³-hybridized carbons (Fsp3) is 0.462. The van der Waals surface area contributed by atoms with E-state index in [0.717, 1.165) is 5.56 Å². The minimum absolute atomic E-state index is 0.0305. The SMILES string of the molecule is CC(C)CC(F)(F)c1ccc(CC#N)cc1. The third kappa shape index (κ3) is 3.30. The van der Waals surface area contributed by atoms with Crippen molar-refractivity contribution in [3.05, 3.63) is 35.4 Å². The van der Waals surface area contributed by atoms with Gasteiger partial charge in [0.25, 0.3) is 5.92 Å². The number of halogens is 2. The lowest BCUT2D eigenvalue weighted by Gasteiger charge is -2.18. The number of rotatable bonds is 4. The van der Waals surface area contributed by atoms with Crippen LogP contribution in [0.15, 0.2) is 24.3 Å². The van der Waals surface area contributed by atoms with Crippen LogP contribution >= 0.6 is 0 Å². The smallest absolute Gasteiger partial charge is 0.201 e. The highest BCUT2D eigenvalue weighted by molar-refractivity contribution is 5.27. The number of hydrogen-bond donors (Lipinski definition) is 0. The average Bonchev–Trinajstić information content (AvgIpc) is 2.17. The third-order valence-electron chi connectivity index (χ3n) is 2.32. The van der Waals surface area contributed by atoms with E-state index < -0.39 is 5.92 Å². The second-order valence-electron chi connectivity index (χ2n) is 4.33. The Bertz CT molecular complexity index is 374. The van der Waals surface area contributed by atoms with Gasteiger partial charge in [-0.3, -0.25) is 0 Å². The Labute approximate surface area is 94.7 Å². The van der Waals surface area contributed by atoms with E-state index in [1.54, 1.807) is 26.0 Å². The molecular formula is C13H15F2N. The zero-order valence-electron chi connectivity index (χ0n) is 9.50. The van der Waals surface area contributed by atoms with Crippen LogP contribution < -0.4 is 0 Å². The molecule has 1 rings (SSSR count). The van der Waals surface area contributed by atoms with Gasteiger partial charge in [-0.1, -0.05) is 38.1 Å². The summed E-state index contributed by atoms with van der Waals surface area (Å²) in [6, 6.07) is 7.99. The summed E-state index contributed by atoms with van der Waals surface area (Å²) in [6.07, 6.45) is 0.112. The normalized spacial score (nSPS) is 11.5. The molecule has 3 heteroatoms. The summed E-state index contributed by atoms with van der Waals surface area (Å²) in [6.45, 7) is 3.55. The van der Waals surface area contributed by atoms with E-state index in [1.165, 1.54) is 12.1 Å². The molecule has 0 bridgehead atoms. The van der Waals surface area contributed by atoms with Crippen LogP contribution in [-0.4, -0.2) is 0 Å². The monoisotopic (exact) mass is 223 g/mol. The van der Waals surface area contributed by atoms with Crippen LogP contribution in [0, 0.1) is 17.2 Å². The molecule has 0 atom stereocenters. The number of nitrogens with zero attached hydrogens (tertiary/aromatic N) is 1. The Morgan fingerprint density at radius 1 is 1.25 bits per heavy atom. The van der Waals surface area contributed by atoms with Gasteiger partial charge >= 0.3 is 0 Å². The number of benzene rings is 1. The van der Waals surface area contributed by atoms with E-state index in [-0.39, 0.29) is 24.3 Å². The maximum atomic E-state index is 13.7. The largest absolute Gasteiger partial charge is 0.273 e. The third-order valence-corrected chi connectivity index (χ3v) is 2.32. The molecule has 0 saturated heterocycles. The molecule has 0 fully saturated rings. The molecular weight excluding hydrogens is 208 g/mol. The molecule has 0 N–H and O–H groups in total. The lowest BCUT2D eigenvalue weighted by molar-refractivity contribution is -0.0249. The van der Waals surface area contributed by atoms with E-state index in [2.05, 4.69) is 0 Å². The fourth-order valence-corrected chi connectivity index (χ4v) is 1.59. The molecule has 16 heavy (non-hydrogen) atoms. The molecule has 1 nitrogen and oxygen atoms in total. The Balaban J connectivity index is 2.84. The van der Waals surface area contributed by atoms with Gasteiger partial charge in [0.2, 0.25) is 0 Å². The number of hydrogen-bond acceptors (Lipinski definition) is 1. The lowest BCUT2D eigenvalue weighted by Crippen LogP contribution is -2.16. The first kappa shape index (κ1) is 12.6. The van der Waals surface area contributed by atoms with Gasteiger partial charge in [0, 0.05) is 12.0 Å². The van der Waals surface area contributed by atoms with Crippen LogP contribution in [0.5, 0.6) is 0 Å². The van der Waals surface area contributed by atoms with Gasteiger partial charge < -0.3 is 0 Å². The molecule has 0 radical (unpaired) electrons. The van der Waals surface area contributed by atoms with Crippen LogP contribution in [0.1, 0.15) is 31.4 Å². The molecule has 0 unspecified atom stereocenters. The topological polar surface area (TPSA) is 23.8 Å². The maximum absolute atomic E-state index is 13.7. The zero-order chi connectivity index (χ0) is 12.2. The first-order valence-electron chi connectivity index (χ1n) is 5.30. The maximum Gasteiger partial charge on any atom is 0.273 e. The van der Waals surface area contributed by atoms with Crippen molar-refractivity contribution < 1.29 is 8.78 Å². The zero-order valence-corrected chi connectivity index (χ0v) is 9.50. The van der Waals surface area contributed by atoms with Crippen molar-refractivity contribution >= 4 is 0 Å². The standard InChI is InChI=1S/C13H15F2N/c1-10(2)9-13(14,15)12-5-3-11(4-6-12)7-8-16/h3-6,10H,7,9H2,1-2H3. The van der Waals surface area contributed by atoms with Gasteiger partial charge in [0.15, 0.2) is 0 Å². The molecule has 0 aliphatic carbocycles. The highest BCUT2D eigenvalue weighted by Gasteiger charge is 2.31. The Morgan fingerprint density at radius 3 is 2.25 bits per heavy atom. The molecule has 0 heterocycles. The van der Waals surface area contributed by atoms with E-state index >= 15 is 0 Å². The first-order chi connectivity index (χ1) is 7.45. The first-order valence-corrected chi connectivity index (χ1v) is 5.30. The van der Waals surface area contributed by atoms with E-state index in [9.17, 15) is 8.78 Å². The Hall–Kier alpha value is -1.43. The Kier molecular flexibility index (Phi) is 4.00. The summed E-state index contributed by atoms with van der Waals surface area (Å²) < 4.78 is 27.3. The summed E-state index contributed by atoms with van der Waals surface area (Å²) in [4.78, 5) is 0. The van der Waals surface area contributed by atoms with Crippen molar-refractivity contribution in [3.8, 4) is 6.07 Å². The van der Waals surface area contributed by atoms with Crippen molar-refractivity contribution in [1.29, 1.82) is 5.26 Å². The van der Waals surface area contributed by atoms with Crippen molar-refractivity contribution in [2.24, 2.45) is 5.92 Å². The summed E-state index contributed by atoms with van der Waals surface area (Å²) in [5, 5.41) is 8.47. The van der Waals surface area contributed by atoms with Crippen LogP contribution in [-0.2, 0) is 12.3 Å². The summed E-state index contributed by atoms with van der Waals surface area (Å²) in [5.74, 6) is -2.83. The molecule has 86 valence electrons. The fourth-order valence-electron chi connectivity index (χ4n) is 1.59. The second kappa shape index (κ2) is 5.07. The van der Waals surface area contributed by atoms with Crippen LogP contribution in [0.25, 0.3) is 0 Å². The van der Waals surface area contributed by atoms with E-state index in [1.807, 2.05) is 6.07 Å². The summed E-state index contributed by atoms with van der Waals surface area (Å²) >= 11 is 0. The van der Waals surface area contributed by atoms with Crippen molar-refractivity contribution in [3.63, 3.8) is 0 Å². The molecule has 1 aromatic carbocycles. The summed E-state index contributed by atoms with van der Waals surface area (Å²) in [5.41, 5.74) is 0.800. The minimum atomic E-state index is -2.78. The molecule has 0 aromatic heterocycles. The second-order valence-corrected chi connectivity index (χ2v) is 4.33. The number of alkyl halides is 2. The van der Waals surface area contributed by atoms with Gasteiger partial charge in [-0.15, -0.1) is 0 Å². The van der Waals surface area contributed by atoms with Crippen molar-refractivity contribution in [2.45, 2.75) is 32.6 Å². The van der Waals surface area contributed by atoms with Crippen molar-refractivity contribution in [1.82, 2.24) is 0 Å². The highest BCUT2D eigenvalue weighted by Crippen LogP contribution is 2.34. The van der Waals surface area contributed by atoms with E-state index in [4.69, 9.17) is 5.26 Å². The quantitative estimate of drug-likeness (QED) is 0.759. The van der Waals surface area contributed by atoms with E-state index in [0.29, 0.717) is 0 Å². The van der Waals surface area contributed by atoms with Gasteiger partial charge in [-0.2, -0.15) is 5.26 Å². The molecule has 1 aromatic rings. The van der Waals surface area contributed by atoms with Gasteiger partial charge in [0.05, 0.1) is 12.5 Å². The van der Waals surface area contributed by atoms with Crippen LogP contribution in [0.2, 0.25) is 0 Å². The highest BCUT2D eigenvalue weighted by atomic mass is 19.3. The predicted octanol–water partition coefficient (Wildman–Crippen LogP) is 3.89. The van der Waals surface area contributed by atoms with Gasteiger partial charge in [0.1, 0.15) is 0 Å². The minimum Gasteiger partial charge on any atom is -0.201 e. The van der Waals surface area contributed by atoms with Crippen LogP contribution in [0.3, 0.4) is 0 Å². The molecule has 0 saturated carbocycles. The molecule has 0 amide bonds. The molecule has 0 aliphatic rings.